The Morgan fingerprint density at radius 3 is 2.50 bits per heavy atom. The van der Waals surface area contributed by atoms with Gasteiger partial charge in [-0.1, -0.05) is 20.8 Å². The Hall–Kier alpha value is -1.13. The van der Waals surface area contributed by atoms with Crippen molar-refractivity contribution in [3.8, 4) is 5.75 Å². The van der Waals surface area contributed by atoms with Crippen LogP contribution in [0.15, 0.2) is 18.5 Å². The molecule has 102 valence electrons. The molecule has 0 fully saturated rings. The second-order valence-electron chi connectivity index (χ2n) is 5.35. The van der Waals surface area contributed by atoms with E-state index in [1.807, 2.05) is 27.7 Å². The molecule has 0 bridgehead atoms. The second kappa shape index (κ2) is 6.16. The van der Waals surface area contributed by atoms with Gasteiger partial charge in [-0.15, -0.1) is 0 Å². The summed E-state index contributed by atoms with van der Waals surface area (Å²) in [5.41, 5.74) is 0.554. The van der Waals surface area contributed by atoms with E-state index < -0.39 is 6.10 Å². The molecular weight excluding hydrogens is 230 g/mol. The zero-order valence-electron chi connectivity index (χ0n) is 11.8. The van der Waals surface area contributed by atoms with Crippen LogP contribution in [-0.2, 0) is 4.74 Å². The van der Waals surface area contributed by atoms with Gasteiger partial charge in [0.05, 0.1) is 18.9 Å². The van der Waals surface area contributed by atoms with Crippen LogP contribution in [-0.4, -0.2) is 29.9 Å². The molecule has 0 spiro atoms. The molecule has 0 aromatic carbocycles. The molecule has 2 unspecified atom stereocenters. The highest BCUT2D eigenvalue weighted by molar-refractivity contribution is 5.26. The van der Waals surface area contributed by atoms with Crippen LogP contribution in [0.2, 0.25) is 0 Å². The lowest BCUT2D eigenvalue weighted by molar-refractivity contribution is -0.0726. The van der Waals surface area contributed by atoms with Gasteiger partial charge in [0, 0.05) is 18.9 Å². The van der Waals surface area contributed by atoms with E-state index in [2.05, 4.69) is 4.98 Å². The van der Waals surface area contributed by atoms with Gasteiger partial charge in [-0.2, -0.15) is 0 Å². The third-order valence-electron chi connectivity index (χ3n) is 2.78. The van der Waals surface area contributed by atoms with Crippen molar-refractivity contribution in [2.75, 3.05) is 13.7 Å². The molecular formula is C14H23NO3. The summed E-state index contributed by atoms with van der Waals surface area (Å²) in [7, 11) is 1.61. The largest absolute Gasteiger partial charge is 0.492 e. The Morgan fingerprint density at radius 1 is 1.33 bits per heavy atom. The maximum absolute atomic E-state index is 10.4. The van der Waals surface area contributed by atoms with Crippen LogP contribution in [0.4, 0.5) is 0 Å². The van der Waals surface area contributed by atoms with Gasteiger partial charge in [-0.3, -0.25) is 4.98 Å². The van der Waals surface area contributed by atoms with Crippen molar-refractivity contribution in [2.24, 2.45) is 5.41 Å². The van der Waals surface area contributed by atoms with Gasteiger partial charge in [0.1, 0.15) is 11.9 Å². The summed E-state index contributed by atoms with van der Waals surface area (Å²) in [6.45, 7) is 8.59. The van der Waals surface area contributed by atoms with Crippen molar-refractivity contribution < 1.29 is 14.6 Å². The second-order valence-corrected chi connectivity index (χ2v) is 5.35. The van der Waals surface area contributed by atoms with Gasteiger partial charge in [0.2, 0.25) is 0 Å². The van der Waals surface area contributed by atoms with Crippen molar-refractivity contribution in [3.63, 3.8) is 0 Å². The molecule has 0 amide bonds. The zero-order valence-corrected chi connectivity index (χ0v) is 11.8. The number of hydrogen-bond acceptors (Lipinski definition) is 4. The van der Waals surface area contributed by atoms with Crippen LogP contribution in [0.25, 0.3) is 0 Å². The van der Waals surface area contributed by atoms with E-state index in [4.69, 9.17) is 9.47 Å². The molecule has 0 aliphatic carbocycles. The van der Waals surface area contributed by atoms with Crippen LogP contribution in [0.5, 0.6) is 5.75 Å². The Bertz CT molecular complexity index is 374. The number of aromatic nitrogens is 1. The maximum Gasteiger partial charge on any atom is 0.137 e. The van der Waals surface area contributed by atoms with Crippen LogP contribution >= 0.6 is 0 Å². The Kier molecular flexibility index (Phi) is 5.11. The van der Waals surface area contributed by atoms with E-state index in [1.54, 1.807) is 25.6 Å². The van der Waals surface area contributed by atoms with E-state index in [-0.39, 0.29) is 11.5 Å². The standard InChI is InChI=1S/C14H23NO3/c1-6-18-11-7-10(8-15-9-11)12(16)13(17-5)14(2,3)4/h7-9,12-13,16H,6H2,1-5H3. The van der Waals surface area contributed by atoms with Crippen LogP contribution in [0.1, 0.15) is 39.4 Å². The molecule has 0 saturated heterocycles. The van der Waals surface area contributed by atoms with Gasteiger partial charge in [-0.25, -0.2) is 0 Å². The summed E-state index contributed by atoms with van der Waals surface area (Å²) in [6, 6.07) is 1.80. The zero-order chi connectivity index (χ0) is 13.8. The van der Waals surface area contributed by atoms with Gasteiger partial charge in [-0.05, 0) is 18.4 Å². The predicted molar refractivity (Wildman–Crippen MR) is 70.6 cm³/mol. The van der Waals surface area contributed by atoms with Gasteiger partial charge in [0.25, 0.3) is 0 Å². The molecule has 4 nitrogen and oxygen atoms in total. The Labute approximate surface area is 109 Å². The average Bonchev–Trinajstić information content (AvgIpc) is 2.28. The minimum Gasteiger partial charge on any atom is -0.492 e. The smallest absolute Gasteiger partial charge is 0.137 e. The van der Waals surface area contributed by atoms with Crippen LogP contribution in [0, 0.1) is 5.41 Å². The van der Waals surface area contributed by atoms with Gasteiger partial charge >= 0.3 is 0 Å². The first-order chi connectivity index (χ1) is 8.40. The molecule has 1 aromatic rings. The molecule has 0 aliphatic rings. The van der Waals surface area contributed by atoms with Crippen molar-refractivity contribution in [2.45, 2.75) is 39.9 Å². The van der Waals surface area contributed by atoms with Gasteiger partial charge < -0.3 is 14.6 Å². The number of ether oxygens (including phenoxy) is 2. The summed E-state index contributed by atoms with van der Waals surface area (Å²) < 4.78 is 10.8. The number of aliphatic hydroxyl groups is 1. The lowest BCUT2D eigenvalue weighted by Crippen LogP contribution is -2.34. The summed E-state index contributed by atoms with van der Waals surface area (Å²) >= 11 is 0. The quantitative estimate of drug-likeness (QED) is 0.876. The molecule has 0 aliphatic heterocycles. The number of pyridine rings is 1. The third kappa shape index (κ3) is 3.68. The highest BCUT2D eigenvalue weighted by atomic mass is 16.5. The summed E-state index contributed by atoms with van der Waals surface area (Å²) in [5.74, 6) is 0.665. The topological polar surface area (TPSA) is 51.6 Å². The van der Waals surface area contributed by atoms with Crippen molar-refractivity contribution >= 4 is 0 Å². The molecule has 1 heterocycles. The van der Waals surface area contributed by atoms with Crippen LogP contribution < -0.4 is 4.74 Å². The Morgan fingerprint density at radius 2 is 2.00 bits per heavy atom. The van der Waals surface area contributed by atoms with Crippen molar-refractivity contribution in [3.05, 3.63) is 24.0 Å². The maximum atomic E-state index is 10.4. The van der Waals surface area contributed by atoms with E-state index in [0.717, 1.165) is 0 Å². The highest BCUT2D eigenvalue weighted by Crippen LogP contribution is 2.32. The fraction of sp³-hybridized carbons (Fsp3) is 0.643. The van der Waals surface area contributed by atoms with E-state index in [0.29, 0.717) is 17.9 Å². The minimum absolute atomic E-state index is 0.157. The Balaban J connectivity index is 2.94. The van der Waals surface area contributed by atoms with E-state index in [1.165, 1.54) is 0 Å². The molecule has 4 heteroatoms. The number of nitrogens with zero attached hydrogens (tertiary/aromatic N) is 1. The summed E-state index contributed by atoms with van der Waals surface area (Å²) in [5, 5.41) is 10.4. The monoisotopic (exact) mass is 253 g/mol. The number of hydrogen-bond donors (Lipinski definition) is 1. The minimum atomic E-state index is -0.720. The lowest BCUT2D eigenvalue weighted by atomic mass is 9.83. The van der Waals surface area contributed by atoms with Crippen LogP contribution in [0.3, 0.4) is 0 Å². The molecule has 1 rings (SSSR count). The fourth-order valence-corrected chi connectivity index (χ4v) is 1.97. The lowest BCUT2D eigenvalue weighted by Gasteiger charge is -2.33. The average molecular weight is 253 g/mol. The first-order valence-electron chi connectivity index (χ1n) is 6.18. The number of aliphatic hydroxyl groups excluding tert-OH is 1. The third-order valence-corrected chi connectivity index (χ3v) is 2.78. The van der Waals surface area contributed by atoms with E-state index in [9.17, 15) is 5.11 Å². The van der Waals surface area contributed by atoms with Crippen molar-refractivity contribution in [1.29, 1.82) is 0 Å². The summed E-state index contributed by atoms with van der Waals surface area (Å²) in [6.07, 6.45) is 2.27. The molecule has 1 aromatic heterocycles. The van der Waals surface area contributed by atoms with Crippen molar-refractivity contribution in [1.82, 2.24) is 4.98 Å². The van der Waals surface area contributed by atoms with Gasteiger partial charge in [0.15, 0.2) is 0 Å². The molecule has 18 heavy (non-hydrogen) atoms. The fourth-order valence-electron chi connectivity index (χ4n) is 1.97. The first-order valence-corrected chi connectivity index (χ1v) is 6.18. The predicted octanol–water partition coefficient (Wildman–Crippen LogP) is 2.57. The molecule has 0 saturated carbocycles. The SMILES string of the molecule is CCOc1cncc(C(O)C(OC)C(C)(C)C)c1. The highest BCUT2D eigenvalue weighted by Gasteiger charge is 2.32. The molecule has 0 radical (unpaired) electrons. The number of rotatable bonds is 5. The van der Waals surface area contributed by atoms with E-state index >= 15 is 0 Å². The first kappa shape index (κ1) is 14.9. The normalized spacial score (nSPS) is 15.2. The number of methoxy groups -OCH3 is 1. The summed E-state index contributed by atoms with van der Waals surface area (Å²) in [4.78, 5) is 4.08. The molecule has 1 N–H and O–H groups in total. The molecule has 2 atom stereocenters.